The molecule has 0 saturated carbocycles. The lowest BCUT2D eigenvalue weighted by Gasteiger charge is -2.39. The molecule has 25 heavy (non-hydrogen) atoms. The third-order valence-electron chi connectivity index (χ3n) is 4.97. The molecular weight excluding hydrogens is 364 g/mol. The summed E-state index contributed by atoms with van der Waals surface area (Å²) in [6.07, 6.45) is 0. The number of carbonyl (C=O) groups is 1. The van der Waals surface area contributed by atoms with E-state index >= 15 is 0 Å². The van der Waals surface area contributed by atoms with Gasteiger partial charge in [0, 0.05) is 39.1 Å². The van der Waals surface area contributed by atoms with Crippen LogP contribution in [0.2, 0.25) is 0 Å². The van der Waals surface area contributed by atoms with Crippen LogP contribution in [-0.4, -0.2) is 81.5 Å². The number of rotatable bonds is 3. The van der Waals surface area contributed by atoms with Gasteiger partial charge in [0.15, 0.2) is 19.7 Å². The molecule has 2 atom stereocenters. The minimum Gasteiger partial charge on any atom is -0.340 e. The Morgan fingerprint density at radius 1 is 1.04 bits per heavy atom. The van der Waals surface area contributed by atoms with E-state index in [0.717, 1.165) is 0 Å². The van der Waals surface area contributed by atoms with Crippen molar-refractivity contribution in [3.05, 3.63) is 30.3 Å². The van der Waals surface area contributed by atoms with Crippen molar-refractivity contribution in [1.82, 2.24) is 9.80 Å². The molecule has 3 rings (SSSR count). The minimum atomic E-state index is -3.74. The summed E-state index contributed by atoms with van der Waals surface area (Å²) >= 11 is 0. The van der Waals surface area contributed by atoms with Crippen molar-refractivity contribution in [2.45, 2.75) is 23.1 Å². The van der Waals surface area contributed by atoms with Gasteiger partial charge in [-0.25, -0.2) is 16.8 Å². The van der Waals surface area contributed by atoms with Crippen LogP contribution in [0, 0.1) is 0 Å². The zero-order chi connectivity index (χ0) is 18.2. The van der Waals surface area contributed by atoms with Gasteiger partial charge in [0.1, 0.15) is 0 Å². The first kappa shape index (κ1) is 18.3. The Morgan fingerprint density at radius 3 is 2.20 bits per heavy atom. The zero-order valence-electron chi connectivity index (χ0n) is 14.0. The zero-order valence-corrected chi connectivity index (χ0v) is 15.7. The maximum atomic E-state index is 13.0. The van der Waals surface area contributed by atoms with Crippen molar-refractivity contribution in [3.8, 4) is 0 Å². The van der Waals surface area contributed by atoms with E-state index in [1.165, 1.54) is 19.1 Å². The Labute approximate surface area is 148 Å². The van der Waals surface area contributed by atoms with E-state index in [4.69, 9.17) is 0 Å². The molecule has 2 aliphatic rings. The lowest BCUT2D eigenvalue weighted by molar-refractivity contribution is -0.130. The fourth-order valence-corrected chi connectivity index (χ4v) is 8.44. The van der Waals surface area contributed by atoms with Gasteiger partial charge in [-0.05, 0) is 12.1 Å². The highest BCUT2D eigenvalue weighted by atomic mass is 32.2. The highest BCUT2D eigenvalue weighted by molar-refractivity contribution is 7.96. The Bertz CT molecular complexity index is 844. The summed E-state index contributed by atoms with van der Waals surface area (Å²) in [5.41, 5.74) is 0. The van der Waals surface area contributed by atoms with Crippen molar-refractivity contribution in [3.63, 3.8) is 0 Å². The van der Waals surface area contributed by atoms with Gasteiger partial charge in [0.25, 0.3) is 0 Å². The molecule has 1 amide bonds. The van der Waals surface area contributed by atoms with E-state index in [1.54, 1.807) is 23.1 Å². The standard InChI is InChI=1S/C16H22N2O5S2/c1-13(19)17-7-9-18(10-8-17)15-11-24(20,21)12-16(15)25(22,23)14-5-3-2-4-6-14/h2-6,15-16H,7-12H2,1H3. The van der Waals surface area contributed by atoms with Gasteiger partial charge in [0.2, 0.25) is 5.91 Å². The predicted molar refractivity (Wildman–Crippen MR) is 93.7 cm³/mol. The van der Waals surface area contributed by atoms with Crippen LogP contribution in [0.3, 0.4) is 0 Å². The number of benzene rings is 1. The minimum absolute atomic E-state index is 0.0212. The molecule has 0 radical (unpaired) electrons. The maximum Gasteiger partial charge on any atom is 0.219 e. The Kier molecular flexibility index (Phi) is 4.91. The average Bonchev–Trinajstić information content (AvgIpc) is 2.92. The molecule has 138 valence electrons. The molecule has 1 aromatic rings. The number of hydrogen-bond donors (Lipinski definition) is 0. The van der Waals surface area contributed by atoms with Gasteiger partial charge in [-0.2, -0.15) is 0 Å². The number of carbonyl (C=O) groups excluding carboxylic acids is 1. The van der Waals surface area contributed by atoms with Gasteiger partial charge in [-0.3, -0.25) is 9.69 Å². The maximum absolute atomic E-state index is 13.0. The van der Waals surface area contributed by atoms with Crippen LogP contribution < -0.4 is 0 Å². The normalized spacial score (nSPS) is 27.3. The monoisotopic (exact) mass is 386 g/mol. The van der Waals surface area contributed by atoms with E-state index in [1.807, 2.05) is 4.90 Å². The van der Waals surface area contributed by atoms with Crippen LogP contribution in [-0.2, 0) is 24.5 Å². The lowest BCUT2D eigenvalue weighted by atomic mass is 10.2. The number of amides is 1. The average molecular weight is 386 g/mol. The topological polar surface area (TPSA) is 91.8 Å². The van der Waals surface area contributed by atoms with Crippen LogP contribution >= 0.6 is 0 Å². The van der Waals surface area contributed by atoms with E-state index in [2.05, 4.69) is 0 Å². The second-order valence-corrected chi connectivity index (χ2v) is 10.9. The van der Waals surface area contributed by atoms with Gasteiger partial charge < -0.3 is 4.90 Å². The van der Waals surface area contributed by atoms with Crippen molar-refractivity contribution < 1.29 is 21.6 Å². The number of piperazine rings is 1. The van der Waals surface area contributed by atoms with Crippen LogP contribution in [0.1, 0.15) is 6.92 Å². The smallest absolute Gasteiger partial charge is 0.219 e. The van der Waals surface area contributed by atoms with Crippen molar-refractivity contribution in [1.29, 1.82) is 0 Å². The summed E-state index contributed by atoms with van der Waals surface area (Å²) in [7, 11) is -7.16. The van der Waals surface area contributed by atoms with Gasteiger partial charge in [-0.15, -0.1) is 0 Å². The van der Waals surface area contributed by atoms with E-state index in [0.29, 0.717) is 26.2 Å². The van der Waals surface area contributed by atoms with E-state index < -0.39 is 31.0 Å². The third kappa shape index (κ3) is 3.73. The number of nitrogens with zero attached hydrogens (tertiary/aromatic N) is 2. The Balaban J connectivity index is 1.86. The quantitative estimate of drug-likeness (QED) is 0.714. The molecule has 2 fully saturated rings. The molecule has 0 aromatic heterocycles. The summed E-state index contributed by atoms with van der Waals surface area (Å²) in [5.74, 6) is -0.516. The number of sulfone groups is 2. The largest absolute Gasteiger partial charge is 0.340 e. The highest BCUT2D eigenvalue weighted by Gasteiger charge is 2.48. The van der Waals surface area contributed by atoms with Gasteiger partial charge >= 0.3 is 0 Å². The Hall–Kier alpha value is -1.45. The summed E-state index contributed by atoms with van der Waals surface area (Å²) in [6.45, 7) is 3.45. The predicted octanol–water partition coefficient (Wildman–Crippen LogP) is -0.210. The third-order valence-corrected chi connectivity index (χ3v) is 9.11. The molecule has 9 heteroatoms. The SMILES string of the molecule is CC(=O)N1CCN(C2CS(=O)(=O)CC2S(=O)(=O)c2ccccc2)CC1. The van der Waals surface area contributed by atoms with Gasteiger partial charge in [-0.1, -0.05) is 18.2 Å². The Morgan fingerprint density at radius 2 is 1.64 bits per heavy atom. The van der Waals surface area contributed by atoms with Crippen LogP contribution in [0.4, 0.5) is 0 Å². The van der Waals surface area contributed by atoms with Crippen molar-refractivity contribution in [2.24, 2.45) is 0 Å². The lowest BCUT2D eigenvalue weighted by Crippen LogP contribution is -2.55. The first-order valence-electron chi connectivity index (χ1n) is 8.20. The molecule has 2 unspecified atom stereocenters. The van der Waals surface area contributed by atoms with E-state index in [-0.39, 0.29) is 22.3 Å². The molecule has 2 saturated heterocycles. The first-order chi connectivity index (χ1) is 11.7. The molecule has 0 bridgehead atoms. The molecule has 2 aliphatic heterocycles. The van der Waals surface area contributed by atoms with Crippen molar-refractivity contribution >= 4 is 25.6 Å². The van der Waals surface area contributed by atoms with Crippen LogP contribution in [0.5, 0.6) is 0 Å². The molecule has 7 nitrogen and oxygen atoms in total. The first-order valence-corrected chi connectivity index (χ1v) is 11.6. The summed E-state index contributed by atoms with van der Waals surface area (Å²) in [4.78, 5) is 15.2. The molecule has 0 aliphatic carbocycles. The summed E-state index contributed by atoms with van der Waals surface area (Å²) < 4.78 is 50.4. The molecule has 0 spiro atoms. The number of hydrogen-bond acceptors (Lipinski definition) is 6. The molecule has 1 aromatic carbocycles. The summed E-state index contributed by atoms with van der Waals surface area (Å²) in [5, 5.41) is -0.969. The van der Waals surface area contributed by atoms with Gasteiger partial charge in [0.05, 0.1) is 21.7 Å². The molecule has 2 heterocycles. The fourth-order valence-electron chi connectivity index (χ4n) is 3.59. The van der Waals surface area contributed by atoms with Crippen LogP contribution in [0.15, 0.2) is 35.2 Å². The molecule has 0 N–H and O–H groups in total. The second-order valence-electron chi connectivity index (χ2n) is 6.58. The van der Waals surface area contributed by atoms with Crippen molar-refractivity contribution in [2.75, 3.05) is 37.7 Å². The highest BCUT2D eigenvalue weighted by Crippen LogP contribution is 2.29. The molecular formula is C16H22N2O5S2. The van der Waals surface area contributed by atoms with E-state index in [9.17, 15) is 21.6 Å². The van der Waals surface area contributed by atoms with Crippen LogP contribution in [0.25, 0.3) is 0 Å². The fraction of sp³-hybridized carbons (Fsp3) is 0.562. The second kappa shape index (κ2) is 6.69. The summed E-state index contributed by atoms with van der Waals surface area (Å²) in [6, 6.07) is 7.44.